The fourth-order valence-electron chi connectivity index (χ4n) is 8.62. The summed E-state index contributed by atoms with van der Waals surface area (Å²) in [6.07, 6.45) is 0.724. The van der Waals surface area contributed by atoms with E-state index in [1.165, 1.54) is 33.3 Å². The van der Waals surface area contributed by atoms with Crippen LogP contribution >= 0.6 is 0 Å². The number of carbonyl (C=O) groups is 5. The Hall–Kier alpha value is -3.25. The molecule has 3 aliphatic rings. The molecule has 12 nitrogen and oxygen atoms in total. The van der Waals surface area contributed by atoms with Crippen molar-refractivity contribution >= 4 is 29.8 Å². The number of rotatable bonds is 13. The molecule has 0 aromatic heterocycles. The average Bonchev–Trinajstić information content (AvgIpc) is 3.00. The van der Waals surface area contributed by atoms with E-state index >= 15 is 0 Å². The monoisotopic (exact) mass is 720 g/mol. The van der Waals surface area contributed by atoms with Gasteiger partial charge in [0.05, 0.1) is 18.8 Å². The minimum absolute atomic E-state index is 0.108. The summed E-state index contributed by atoms with van der Waals surface area (Å²) in [5.41, 5.74) is 0.839. The molecule has 12 heteroatoms. The summed E-state index contributed by atoms with van der Waals surface area (Å²) in [6, 6.07) is 0. The van der Waals surface area contributed by atoms with Crippen molar-refractivity contribution in [3.63, 3.8) is 0 Å². The molecule has 1 aliphatic heterocycles. The van der Waals surface area contributed by atoms with Gasteiger partial charge in [-0.2, -0.15) is 0 Å². The summed E-state index contributed by atoms with van der Waals surface area (Å²) in [6.45, 7) is 21.4. The molecule has 0 spiro atoms. The van der Waals surface area contributed by atoms with Crippen molar-refractivity contribution in [2.75, 3.05) is 6.61 Å². The molecule has 11 atom stereocenters. The van der Waals surface area contributed by atoms with Crippen LogP contribution in [0.2, 0.25) is 0 Å². The van der Waals surface area contributed by atoms with Gasteiger partial charge in [-0.3, -0.25) is 19.2 Å². The van der Waals surface area contributed by atoms with Crippen molar-refractivity contribution in [1.29, 1.82) is 0 Å². The largest absolute Gasteiger partial charge is 0.466 e. The van der Waals surface area contributed by atoms with Gasteiger partial charge in [0, 0.05) is 38.7 Å². The third kappa shape index (κ3) is 10.2. The number of hydrogen-bond acceptors (Lipinski definition) is 12. The predicted octanol–water partition coefficient (Wildman–Crippen LogP) is 6.18. The molecule has 0 amide bonds. The smallest absolute Gasteiger partial charge is 0.333 e. The van der Waals surface area contributed by atoms with Gasteiger partial charge in [-0.15, -0.1) is 0 Å². The highest BCUT2D eigenvalue weighted by molar-refractivity contribution is 5.87. The van der Waals surface area contributed by atoms with Gasteiger partial charge in [0.2, 0.25) is 0 Å². The fourth-order valence-corrected chi connectivity index (χ4v) is 8.62. The Morgan fingerprint density at radius 3 is 2.04 bits per heavy atom. The van der Waals surface area contributed by atoms with E-state index in [2.05, 4.69) is 40.7 Å². The first-order valence-electron chi connectivity index (χ1n) is 18.2. The van der Waals surface area contributed by atoms with Crippen LogP contribution < -0.4 is 0 Å². The van der Waals surface area contributed by atoms with Crippen LogP contribution in [0.15, 0.2) is 23.3 Å². The first-order valence-corrected chi connectivity index (χ1v) is 18.2. The van der Waals surface area contributed by atoms with Crippen molar-refractivity contribution in [3.8, 4) is 0 Å². The SMILES string of the molecule is CC=C(C)C(=O)OC1C(OC2OC(C)C(OC(C)=O)C(OC(C)=O)C2OC(C)=O)CC2(C)C(CCC(C)CCOC(C)=O)C(C)=CCC2C1(C)C. The summed E-state index contributed by atoms with van der Waals surface area (Å²) in [5.74, 6) is -2.11. The molecule has 1 saturated heterocycles. The maximum atomic E-state index is 13.4. The molecular formula is C39H60O12. The molecular weight excluding hydrogens is 660 g/mol. The lowest BCUT2D eigenvalue weighted by atomic mass is 9.46. The quantitative estimate of drug-likeness (QED) is 0.0926. The van der Waals surface area contributed by atoms with Gasteiger partial charge in [-0.25, -0.2) is 4.79 Å². The predicted molar refractivity (Wildman–Crippen MR) is 187 cm³/mol. The lowest BCUT2D eigenvalue weighted by Gasteiger charge is -2.61. The minimum Gasteiger partial charge on any atom is -0.466 e. The number of ether oxygens (including phenoxy) is 7. The zero-order chi connectivity index (χ0) is 38.4. The maximum absolute atomic E-state index is 13.4. The number of allylic oxidation sites excluding steroid dienone is 3. The maximum Gasteiger partial charge on any atom is 0.333 e. The van der Waals surface area contributed by atoms with E-state index in [9.17, 15) is 24.0 Å². The lowest BCUT2D eigenvalue weighted by Crippen LogP contribution is -2.65. The third-order valence-corrected chi connectivity index (χ3v) is 11.2. The Kier molecular flexibility index (Phi) is 14.5. The molecule has 0 aromatic rings. The topological polar surface area (TPSA) is 150 Å². The number of esters is 5. The molecule has 11 unspecified atom stereocenters. The Bertz CT molecular complexity index is 1350. The molecule has 0 bridgehead atoms. The molecule has 0 radical (unpaired) electrons. The molecule has 1 saturated carbocycles. The van der Waals surface area contributed by atoms with Gasteiger partial charge in [-0.05, 0) is 83.0 Å². The van der Waals surface area contributed by atoms with E-state index in [1.807, 2.05) is 0 Å². The number of fused-ring (bicyclic) bond motifs is 1. The van der Waals surface area contributed by atoms with E-state index in [4.69, 9.17) is 33.2 Å². The molecule has 2 fully saturated rings. The highest BCUT2D eigenvalue weighted by Gasteiger charge is 2.62. The summed E-state index contributed by atoms with van der Waals surface area (Å²) in [5, 5.41) is 0. The number of carbonyl (C=O) groups excluding carboxylic acids is 5. The second kappa shape index (κ2) is 17.5. The van der Waals surface area contributed by atoms with Gasteiger partial charge >= 0.3 is 29.8 Å². The van der Waals surface area contributed by atoms with Crippen molar-refractivity contribution in [1.82, 2.24) is 0 Å². The standard InChI is InChI=1S/C39H60O12/c1-13-22(3)36(44)51-35-30(50-37-34(49-28(9)43)33(48-27(8)42)32(24(5)46-37)47-26(7)41)20-39(12)29(16-14-21(2)18-19-45-25(6)40)23(4)15-17-31(39)38(35,10)11/h13,15,21,24,29-35,37H,14,16-20H2,1-12H3. The van der Waals surface area contributed by atoms with Gasteiger partial charge in [-0.1, -0.05) is 45.4 Å². The van der Waals surface area contributed by atoms with Gasteiger partial charge in [0.1, 0.15) is 6.10 Å². The van der Waals surface area contributed by atoms with Crippen LogP contribution in [0.5, 0.6) is 0 Å². The van der Waals surface area contributed by atoms with Crippen molar-refractivity contribution in [3.05, 3.63) is 23.3 Å². The second-order valence-electron chi connectivity index (χ2n) is 15.5. The Morgan fingerprint density at radius 1 is 0.882 bits per heavy atom. The van der Waals surface area contributed by atoms with E-state index in [-0.39, 0.29) is 23.2 Å². The van der Waals surface area contributed by atoms with Crippen LogP contribution in [-0.4, -0.2) is 79.4 Å². The first kappa shape index (κ1) is 42.2. The van der Waals surface area contributed by atoms with Gasteiger partial charge < -0.3 is 33.2 Å². The molecule has 1 heterocycles. The molecule has 3 rings (SSSR count). The van der Waals surface area contributed by atoms with Crippen molar-refractivity contribution in [2.45, 2.75) is 158 Å². The summed E-state index contributed by atoms with van der Waals surface area (Å²) < 4.78 is 41.5. The lowest BCUT2D eigenvalue weighted by molar-refractivity contribution is -0.329. The molecule has 2 aliphatic carbocycles. The van der Waals surface area contributed by atoms with Crippen LogP contribution in [-0.2, 0) is 57.1 Å². The van der Waals surface area contributed by atoms with Gasteiger partial charge in [0.15, 0.2) is 24.6 Å². The summed E-state index contributed by atoms with van der Waals surface area (Å²) >= 11 is 0. The highest BCUT2D eigenvalue weighted by Crippen LogP contribution is 2.62. The van der Waals surface area contributed by atoms with Crippen LogP contribution in [0.3, 0.4) is 0 Å². The Balaban J connectivity index is 2.07. The molecule has 0 N–H and O–H groups in total. The number of hydrogen-bond donors (Lipinski definition) is 0. The molecule has 0 aromatic carbocycles. The molecule has 51 heavy (non-hydrogen) atoms. The average molecular weight is 721 g/mol. The van der Waals surface area contributed by atoms with Crippen LogP contribution in [0.25, 0.3) is 0 Å². The van der Waals surface area contributed by atoms with Crippen LogP contribution in [0, 0.1) is 28.6 Å². The second-order valence-corrected chi connectivity index (χ2v) is 15.5. The van der Waals surface area contributed by atoms with Crippen LogP contribution in [0.4, 0.5) is 0 Å². The van der Waals surface area contributed by atoms with E-state index < -0.39 is 72.2 Å². The van der Waals surface area contributed by atoms with Gasteiger partial charge in [0.25, 0.3) is 0 Å². The fraction of sp³-hybridized carbons (Fsp3) is 0.769. The highest BCUT2D eigenvalue weighted by atomic mass is 16.7. The minimum atomic E-state index is -1.30. The molecule has 288 valence electrons. The van der Waals surface area contributed by atoms with E-state index in [1.54, 1.807) is 26.8 Å². The zero-order valence-corrected chi connectivity index (χ0v) is 32.6. The summed E-state index contributed by atoms with van der Waals surface area (Å²) in [7, 11) is 0. The van der Waals surface area contributed by atoms with E-state index in [0.29, 0.717) is 24.5 Å². The van der Waals surface area contributed by atoms with Crippen LogP contribution in [0.1, 0.15) is 115 Å². The summed E-state index contributed by atoms with van der Waals surface area (Å²) in [4.78, 5) is 61.6. The third-order valence-electron chi connectivity index (χ3n) is 11.2. The first-order chi connectivity index (χ1) is 23.7. The Labute approximate surface area is 303 Å². The zero-order valence-electron chi connectivity index (χ0n) is 32.6. The normalized spacial score (nSPS) is 33.8. The Morgan fingerprint density at radius 2 is 1.47 bits per heavy atom. The van der Waals surface area contributed by atoms with Crippen molar-refractivity contribution in [2.24, 2.45) is 28.6 Å². The van der Waals surface area contributed by atoms with Crippen molar-refractivity contribution < 1.29 is 57.1 Å². The van der Waals surface area contributed by atoms with E-state index in [0.717, 1.165) is 25.7 Å².